The van der Waals surface area contributed by atoms with Crippen molar-refractivity contribution in [3.05, 3.63) is 29.3 Å². The van der Waals surface area contributed by atoms with Gasteiger partial charge in [0.1, 0.15) is 6.29 Å². The van der Waals surface area contributed by atoms with Crippen molar-refractivity contribution in [3.8, 4) is 0 Å². The number of rotatable bonds is 4. The summed E-state index contributed by atoms with van der Waals surface area (Å²) in [4.78, 5) is 15.7. The number of benzene rings is 1. The summed E-state index contributed by atoms with van der Waals surface area (Å²) in [5.74, 6) is 0. The van der Waals surface area contributed by atoms with Gasteiger partial charge in [-0.25, -0.2) is 0 Å². The molecule has 0 atom stereocenters. The van der Waals surface area contributed by atoms with Gasteiger partial charge in [-0.3, -0.25) is 4.90 Å². The average molecular weight is 281 g/mol. The molecule has 0 saturated carbocycles. The number of hydrogen-bond acceptors (Lipinski definition) is 3. The van der Waals surface area contributed by atoms with Crippen LogP contribution in [0.4, 0.5) is 5.69 Å². The molecule has 1 aromatic carbocycles. The molecule has 3 nitrogen and oxygen atoms in total. The second-order valence-electron chi connectivity index (χ2n) is 5.85. The second kappa shape index (κ2) is 5.93. The minimum Gasteiger partial charge on any atom is -0.369 e. The average Bonchev–Trinajstić information content (AvgIpc) is 2.40. The van der Waals surface area contributed by atoms with Gasteiger partial charge < -0.3 is 9.69 Å². The molecule has 1 aromatic rings. The van der Waals surface area contributed by atoms with E-state index in [2.05, 4.69) is 21.9 Å². The van der Waals surface area contributed by atoms with E-state index in [9.17, 15) is 4.79 Å². The Morgan fingerprint density at radius 1 is 1.16 bits per heavy atom. The lowest BCUT2D eigenvalue weighted by molar-refractivity contribution is -0.115. The van der Waals surface area contributed by atoms with Gasteiger partial charge in [-0.1, -0.05) is 25.4 Å². The number of halogens is 1. The van der Waals surface area contributed by atoms with Crippen molar-refractivity contribution in [3.63, 3.8) is 0 Å². The highest BCUT2D eigenvalue weighted by Gasteiger charge is 2.24. The Bertz CT molecular complexity index is 422. The molecule has 0 aromatic heterocycles. The van der Waals surface area contributed by atoms with Gasteiger partial charge in [0.2, 0.25) is 0 Å². The summed E-state index contributed by atoms with van der Waals surface area (Å²) in [7, 11) is 0. The third kappa shape index (κ3) is 3.95. The van der Waals surface area contributed by atoms with Crippen LogP contribution < -0.4 is 4.90 Å². The van der Waals surface area contributed by atoms with Crippen LogP contribution in [-0.4, -0.2) is 43.9 Å². The first-order valence-electron chi connectivity index (χ1n) is 6.69. The Morgan fingerprint density at radius 3 is 2.26 bits per heavy atom. The van der Waals surface area contributed by atoms with Crippen LogP contribution in [0.5, 0.6) is 0 Å². The second-order valence-corrected chi connectivity index (χ2v) is 6.28. The first-order valence-corrected chi connectivity index (χ1v) is 7.07. The monoisotopic (exact) mass is 280 g/mol. The third-order valence-corrected chi connectivity index (χ3v) is 3.77. The fraction of sp³-hybridized carbons (Fsp3) is 0.533. The molecule has 1 aliphatic rings. The van der Waals surface area contributed by atoms with Crippen LogP contribution in [0.1, 0.15) is 13.8 Å². The molecule has 1 fully saturated rings. The van der Waals surface area contributed by atoms with Crippen LogP contribution in [-0.2, 0) is 4.79 Å². The Kier molecular flexibility index (Phi) is 4.48. The quantitative estimate of drug-likeness (QED) is 0.793. The lowest BCUT2D eigenvalue weighted by atomic mass is 9.95. The molecular formula is C15H21ClN2O. The minimum atomic E-state index is -0.248. The molecule has 1 aliphatic heterocycles. The molecule has 0 N–H and O–H groups in total. The summed E-state index contributed by atoms with van der Waals surface area (Å²) < 4.78 is 0. The van der Waals surface area contributed by atoms with E-state index in [0.29, 0.717) is 0 Å². The van der Waals surface area contributed by atoms with E-state index < -0.39 is 0 Å². The zero-order chi connectivity index (χ0) is 13.9. The molecule has 104 valence electrons. The maximum Gasteiger partial charge on any atom is 0.126 e. The fourth-order valence-corrected chi connectivity index (χ4v) is 2.56. The molecule has 0 spiro atoms. The van der Waals surface area contributed by atoms with Gasteiger partial charge in [0.05, 0.1) is 0 Å². The lowest BCUT2D eigenvalue weighted by Gasteiger charge is -2.38. The predicted octanol–water partition coefficient (Wildman–Crippen LogP) is 2.69. The van der Waals surface area contributed by atoms with E-state index in [4.69, 9.17) is 11.6 Å². The first-order chi connectivity index (χ1) is 9.00. The van der Waals surface area contributed by atoms with E-state index in [1.54, 1.807) is 0 Å². The third-order valence-electron chi connectivity index (χ3n) is 3.51. The van der Waals surface area contributed by atoms with Gasteiger partial charge in [0.25, 0.3) is 0 Å². The van der Waals surface area contributed by atoms with Crippen molar-refractivity contribution < 1.29 is 4.79 Å². The SMILES string of the molecule is CC(C)(C=O)CN1CCN(c2ccc(Cl)cc2)CC1. The zero-order valence-corrected chi connectivity index (χ0v) is 12.4. The number of aldehydes is 1. The molecule has 0 amide bonds. The molecule has 2 rings (SSSR count). The smallest absolute Gasteiger partial charge is 0.126 e. The van der Waals surface area contributed by atoms with E-state index in [1.165, 1.54) is 5.69 Å². The number of carbonyl (C=O) groups excluding carboxylic acids is 1. The van der Waals surface area contributed by atoms with Crippen molar-refractivity contribution in [2.45, 2.75) is 13.8 Å². The van der Waals surface area contributed by atoms with E-state index in [0.717, 1.165) is 44.0 Å². The molecule has 0 unspecified atom stereocenters. The van der Waals surface area contributed by atoms with E-state index >= 15 is 0 Å². The topological polar surface area (TPSA) is 23.6 Å². The summed E-state index contributed by atoms with van der Waals surface area (Å²) in [5.41, 5.74) is 0.973. The van der Waals surface area contributed by atoms with Gasteiger partial charge in [0, 0.05) is 48.8 Å². The van der Waals surface area contributed by atoms with Crippen molar-refractivity contribution in [2.75, 3.05) is 37.6 Å². The Labute approximate surface area is 120 Å². The number of hydrogen-bond donors (Lipinski definition) is 0. The molecular weight excluding hydrogens is 260 g/mol. The number of carbonyl (C=O) groups is 1. The summed E-state index contributed by atoms with van der Waals surface area (Å²) >= 11 is 5.90. The van der Waals surface area contributed by atoms with E-state index in [1.807, 2.05) is 26.0 Å². The van der Waals surface area contributed by atoms with Crippen molar-refractivity contribution in [2.24, 2.45) is 5.41 Å². The largest absolute Gasteiger partial charge is 0.369 e. The molecule has 1 heterocycles. The minimum absolute atomic E-state index is 0.248. The van der Waals surface area contributed by atoms with Gasteiger partial charge >= 0.3 is 0 Å². The highest BCUT2D eigenvalue weighted by Crippen LogP contribution is 2.21. The van der Waals surface area contributed by atoms with Crippen molar-refractivity contribution >= 4 is 23.6 Å². The van der Waals surface area contributed by atoms with Crippen LogP contribution in [0.3, 0.4) is 0 Å². The summed E-state index contributed by atoms with van der Waals surface area (Å²) in [6.45, 7) is 8.81. The maximum atomic E-state index is 11.0. The zero-order valence-electron chi connectivity index (χ0n) is 11.6. The molecule has 0 radical (unpaired) electrons. The van der Waals surface area contributed by atoms with Crippen molar-refractivity contribution in [1.29, 1.82) is 0 Å². The highest BCUT2D eigenvalue weighted by molar-refractivity contribution is 6.30. The van der Waals surface area contributed by atoms with Crippen LogP contribution >= 0.6 is 11.6 Å². The van der Waals surface area contributed by atoms with E-state index in [-0.39, 0.29) is 5.41 Å². The van der Waals surface area contributed by atoms with Crippen LogP contribution in [0, 0.1) is 5.41 Å². The summed E-state index contributed by atoms with van der Waals surface area (Å²) in [5, 5.41) is 0.773. The lowest BCUT2D eigenvalue weighted by Crippen LogP contribution is -2.49. The number of piperazine rings is 1. The summed E-state index contributed by atoms with van der Waals surface area (Å²) in [6.07, 6.45) is 1.05. The van der Waals surface area contributed by atoms with Gasteiger partial charge in [0.15, 0.2) is 0 Å². The highest BCUT2D eigenvalue weighted by atomic mass is 35.5. The predicted molar refractivity (Wildman–Crippen MR) is 80.0 cm³/mol. The van der Waals surface area contributed by atoms with Crippen LogP contribution in [0.25, 0.3) is 0 Å². The van der Waals surface area contributed by atoms with Gasteiger partial charge in [-0.2, -0.15) is 0 Å². The van der Waals surface area contributed by atoms with Gasteiger partial charge in [-0.05, 0) is 24.3 Å². The first kappa shape index (κ1) is 14.4. The Morgan fingerprint density at radius 2 is 1.74 bits per heavy atom. The summed E-state index contributed by atoms with van der Waals surface area (Å²) in [6, 6.07) is 7.98. The maximum absolute atomic E-state index is 11.0. The molecule has 1 saturated heterocycles. The number of nitrogens with zero attached hydrogens (tertiary/aromatic N) is 2. The Hall–Kier alpha value is -1.06. The van der Waals surface area contributed by atoms with Gasteiger partial charge in [-0.15, -0.1) is 0 Å². The Balaban J connectivity index is 1.89. The van der Waals surface area contributed by atoms with Crippen LogP contribution in [0.15, 0.2) is 24.3 Å². The van der Waals surface area contributed by atoms with Crippen molar-refractivity contribution in [1.82, 2.24) is 4.90 Å². The normalized spacial score (nSPS) is 17.5. The molecule has 0 aliphatic carbocycles. The molecule has 4 heteroatoms. The van der Waals surface area contributed by atoms with Crippen LogP contribution in [0.2, 0.25) is 5.02 Å². The standard InChI is InChI=1S/C15H21ClN2O/c1-15(2,12-19)11-17-7-9-18(10-8-17)14-5-3-13(16)4-6-14/h3-6,12H,7-11H2,1-2H3. The fourth-order valence-electron chi connectivity index (χ4n) is 2.43. The number of anilines is 1. The molecule has 19 heavy (non-hydrogen) atoms. The molecule has 0 bridgehead atoms.